The Morgan fingerprint density at radius 3 is 2.62 bits per heavy atom. The van der Waals surface area contributed by atoms with Gasteiger partial charge in [-0.25, -0.2) is 0 Å². The Balaban J connectivity index is 1.14. The van der Waals surface area contributed by atoms with Crippen LogP contribution in [0.4, 0.5) is 10.3 Å². The van der Waals surface area contributed by atoms with E-state index in [1.54, 1.807) is 4.90 Å². The van der Waals surface area contributed by atoms with Gasteiger partial charge in [0, 0.05) is 32.0 Å². The van der Waals surface area contributed by atoms with Gasteiger partial charge in [0.05, 0.1) is 6.04 Å². The van der Waals surface area contributed by atoms with Crippen LogP contribution < -0.4 is 24.6 Å². The second-order valence-corrected chi connectivity index (χ2v) is 9.35. The highest BCUT2D eigenvalue weighted by Crippen LogP contribution is 2.34. The van der Waals surface area contributed by atoms with E-state index in [0.29, 0.717) is 24.8 Å². The van der Waals surface area contributed by atoms with Gasteiger partial charge in [0.15, 0.2) is 11.5 Å². The number of benzene rings is 1. The van der Waals surface area contributed by atoms with Crippen molar-refractivity contribution in [2.24, 2.45) is 5.92 Å². The maximum Gasteiger partial charge on any atom is 0.228 e. The lowest BCUT2D eigenvalue weighted by atomic mass is 9.95. The van der Waals surface area contributed by atoms with Crippen LogP contribution in [0.2, 0.25) is 0 Å². The van der Waals surface area contributed by atoms with Crippen LogP contribution in [0.1, 0.15) is 44.2 Å². The number of fused-ring (bicyclic) bond motifs is 1. The molecule has 4 heterocycles. The molecule has 5 rings (SSSR count). The Hall–Kier alpha value is -2.88. The fraction of sp³-hybridized carbons (Fsp3) is 0.545. The van der Waals surface area contributed by atoms with Gasteiger partial charge in [-0.2, -0.15) is 0 Å². The topological polar surface area (TPSA) is 96.9 Å². The molecule has 0 radical (unpaired) electrons. The second kappa shape index (κ2) is 8.93. The molecule has 9 nitrogen and oxygen atoms in total. The number of carbonyl (C=O) groups excluding carboxylic acids is 2. The van der Waals surface area contributed by atoms with E-state index in [1.165, 1.54) is 11.3 Å². The first-order valence-corrected chi connectivity index (χ1v) is 12.0. The number of nitrogens with zero attached hydrogens (tertiary/aromatic N) is 4. The highest BCUT2D eigenvalue weighted by Gasteiger charge is 2.30. The van der Waals surface area contributed by atoms with Crippen molar-refractivity contribution in [2.45, 2.75) is 38.6 Å². The van der Waals surface area contributed by atoms with Crippen molar-refractivity contribution in [3.63, 3.8) is 0 Å². The second-order valence-electron chi connectivity index (χ2n) is 8.41. The average Bonchev–Trinajstić information content (AvgIpc) is 3.47. The van der Waals surface area contributed by atoms with Crippen molar-refractivity contribution in [1.82, 2.24) is 15.5 Å². The Bertz CT molecular complexity index is 1000. The SMILES string of the molecule is CC(NC(=O)C1CCN(c2nnc(N3CCCC3=O)s2)CC1)c1ccc2c(c1)OCCO2. The van der Waals surface area contributed by atoms with Gasteiger partial charge in [-0.1, -0.05) is 17.4 Å². The van der Waals surface area contributed by atoms with Gasteiger partial charge >= 0.3 is 0 Å². The normalized spacial score (nSPS) is 19.8. The predicted octanol–water partition coefficient (Wildman–Crippen LogP) is 2.53. The summed E-state index contributed by atoms with van der Waals surface area (Å²) in [6.07, 6.45) is 2.98. The molecule has 3 aliphatic heterocycles. The molecule has 1 aromatic heterocycles. The molecule has 1 atom stereocenters. The van der Waals surface area contributed by atoms with Crippen molar-refractivity contribution in [3.8, 4) is 11.5 Å². The molecule has 0 spiro atoms. The van der Waals surface area contributed by atoms with E-state index in [9.17, 15) is 9.59 Å². The molecule has 0 aliphatic carbocycles. The zero-order chi connectivity index (χ0) is 22.1. The Kier molecular flexibility index (Phi) is 5.86. The van der Waals surface area contributed by atoms with E-state index in [4.69, 9.17) is 9.47 Å². The zero-order valence-electron chi connectivity index (χ0n) is 18.1. The maximum absolute atomic E-state index is 12.9. The average molecular weight is 458 g/mol. The van der Waals surface area contributed by atoms with Crippen molar-refractivity contribution in [1.29, 1.82) is 0 Å². The molecule has 0 saturated carbocycles. The number of nitrogens with one attached hydrogen (secondary N) is 1. The van der Waals surface area contributed by atoms with E-state index in [1.807, 2.05) is 25.1 Å². The number of amides is 2. The Morgan fingerprint density at radius 2 is 1.88 bits per heavy atom. The Labute approximate surface area is 190 Å². The van der Waals surface area contributed by atoms with Crippen LogP contribution in [0.3, 0.4) is 0 Å². The van der Waals surface area contributed by atoms with E-state index in [-0.39, 0.29) is 23.8 Å². The largest absolute Gasteiger partial charge is 0.486 e. The lowest BCUT2D eigenvalue weighted by Crippen LogP contribution is -2.41. The van der Waals surface area contributed by atoms with Crippen LogP contribution in [-0.4, -0.2) is 54.9 Å². The standard InChI is InChI=1S/C22H27N5O4S/c1-14(16-4-5-17-18(13-16)31-12-11-30-17)23-20(29)15-6-9-26(10-7-15)21-24-25-22(32-21)27-8-2-3-19(27)28/h4-5,13-15H,2-3,6-12H2,1H3,(H,23,29). The van der Waals surface area contributed by atoms with Gasteiger partial charge in [0.2, 0.25) is 22.1 Å². The molecular weight excluding hydrogens is 430 g/mol. The molecule has 170 valence electrons. The first-order valence-electron chi connectivity index (χ1n) is 11.2. The fourth-order valence-electron chi connectivity index (χ4n) is 4.37. The lowest BCUT2D eigenvalue weighted by molar-refractivity contribution is -0.126. The molecular formula is C22H27N5O4S. The minimum absolute atomic E-state index is 0.0292. The number of carbonyl (C=O) groups is 2. The molecule has 1 aromatic carbocycles. The summed E-state index contributed by atoms with van der Waals surface area (Å²) in [6, 6.07) is 5.70. The summed E-state index contributed by atoms with van der Waals surface area (Å²) in [7, 11) is 0. The summed E-state index contributed by atoms with van der Waals surface area (Å²) in [6.45, 7) is 5.31. The van der Waals surface area contributed by atoms with Crippen LogP contribution in [0, 0.1) is 5.92 Å². The summed E-state index contributed by atoms with van der Waals surface area (Å²) >= 11 is 1.46. The van der Waals surface area contributed by atoms with Gasteiger partial charge in [0.1, 0.15) is 13.2 Å². The van der Waals surface area contributed by atoms with Crippen LogP contribution in [0.5, 0.6) is 11.5 Å². The minimum atomic E-state index is -0.111. The zero-order valence-corrected chi connectivity index (χ0v) is 18.9. The third kappa shape index (κ3) is 4.23. The van der Waals surface area contributed by atoms with Crippen molar-refractivity contribution < 1.29 is 19.1 Å². The third-order valence-corrected chi connectivity index (χ3v) is 7.28. The predicted molar refractivity (Wildman–Crippen MR) is 120 cm³/mol. The van der Waals surface area contributed by atoms with Crippen LogP contribution in [-0.2, 0) is 9.59 Å². The van der Waals surface area contributed by atoms with Gasteiger partial charge in [-0.3, -0.25) is 14.5 Å². The summed E-state index contributed by atoms with van der Waals surface area (Å²) in [4.78, 5) is 28.7. The molecule has 3 aliphatic rings. The van der Waals surface area contributed by atoms with Crippen LogP contribution >= 0.6 is 11.3 Å². The molecule has 1 unspecified atom stereocenters. The van der Waals surface area contributed by atoms with Gasteiger partial charge < -0.3 is 19.7 Å². The number of hydrogen-bond acceptors (Lipinski definition) is 8. The number of rotatable bonds is 5. The number of aromatic nitrogens is 2. The van der Waals surface area contributed by atoms with Gasteiger partial charge in [-0.05, 0) is 43.9 Å². The van der Waals surface area contributed by atoms with Crippen molar-refractivity contribution >= 4 is 33.4 Å². The molecule has 10 heteroatoms. The van der Waals surface area contributed by atoms with Crippen LogP contribution in [0.25, 0.3) is 0 Å². The van der Waals surface area contributed by atoms with Gasteiger partial charge in [-0.15, -0.1) is 10.2 Å². The summed E-state index contributed by atoms with van der Waals surface area (Å²) < 4.78 is 11.2. The summed E-state index contributed by atoms with van der Waals surface area (Å²) in [5.41, 5.74) is 0.998. The molecule has 2 saturated heterocycles. The smallest absolute Gasteiger partial charge is 0.228 e. The first kappa shape index (κ1) is 21.0. The number of piperidine rings is 1. The molecule has 2 amide bonds. The molecule has 0 bridgehead atoms. The lowest BCUT2D eigenvalue weighted by Gasteiger charge is -2.31. The minimum Gasteiger partial charge on any atom is -0.486 e. The van der Waals surface area contributed by atoms with E-state index in [0.717, 1.165) is 61.1 Å². The molecule has 2 fully saturated rings. The van der Waals surface area contributed by atoms with E-state index in [2.05, 4.69) is 20.4 Å². The van der Waals surface area contributed by atoms with E-state index >= 15 is 0 Å². The first-order chi connectivity index (χ1) is 15.6. The maximum atomic E-state index is 12.9. The molecule has 32 heavy (non-hydrogen) atoms. The van der Waals surface area contributed by atoms with Gasteiger partial charge in [0.25, 0.3) is 0 Å². The molecule has 2 aromatic rings. The summed E-state index contributed by atoms with van der Waals surface area (Å²) in [5, 5.41) is 13.2. The van der Waals surface area contributed by atoms with Crippen molar-refractivity contribution in [2.75, 3.05) is 42.6 Å². The van der Waals surface area contributed by atoms with Crippen LogP contribution in [0.15, 0.2) is 18.2 Å². The summed E-state index contributed by atoms with van der Waals surface area (Å²) in [5.74, 6) is 1.65. The highest BCUT2D eigenvalue weighted by molar-refractivity contribution is 7.19. The fourth-order valence-corrected chi connectivity index (χ4v) is 5.31. The third-order valence-electron chi connectivity index (χ3n) is 6.27. The quantitative estimate of drug-likeness (QED) is 0.737. The number of hydrogen-bond donors (Lipinski definition) is 1. The highest BCUT2D eigenvalue weighted by atomic mass is 32.1. The molecule has 1 N–H and O–H groups in total. The monoisotopic (exact) mass is 457 g/mol. The number of ether oxygens (including phenoxy) is 2. The number of anilines is 2. The Morgan fingerprint density at radius 1 is 1.12 bits per heavy atom. The van der Waals surface area contributed by atoms with Crippen molar-refractivity contribution in [3.05, 3.63) is 23.8 Å². The van der Waals surface area contributed by atoms with E-state index < -0.39 is 0 Å².